The summed E-state index contributed by atoms with van der Waals surface area (Å²) in [5.41, 5.74) is 0.827. The molecule has 20 heavy (non-hydrogen) atoms. The van der Waals surface area contributed by atoms with Crippen LogP contribution in [0.15, 0.2) is 27.7 Å². The van der Waals surface area contributed by atoms with Crippen LogP contribution in [0.5, 0.6) is 5.75 Å². The van der Waals surface area contributed by atoms with Gasteiger partial charge in [-0.05, 0) is 74.0 Å². The highest BCUT2D eigenvalue weighted by Gasteiger charge is 2.47. The van der Waals surface area contributed by atoms with E-state index in [2.05, 4.69) is 15.9 Å². The first kappa shape index (κ1) is 12.9. The Bertz CT molecular complexity index is 526. The van der Waals surface area contributed by atoms with Gasteiger partial charge in [0.15, 0.2) is 0 Å². The summed E-state index contributed by atoms with van der Waals surface area (Å²) in [7, 11) is 0. The first-order chi connectivity index (χ1) is 9.69. The van der Waals surface area contributed by atoms with Crippen molar-refractivity contribution in [3.63, 3.8) is 0 Å². The predicted octanol–water partition coefficient (Wildman–Crippen LogP) is 4.40. The number of hydrogen-bond donors (Lipinski definition) is 1. The van der Waals surface area contributed by atoms with Gasteiger partial charge < -0.3 is 5.11 Å². The van der Waals surface area contributed by atoms with Gasteiger partial charge in [-0.25, -0.2) is 0 Å². The van der Waals surface area contributed by atoms with Gasteiger partial charge in [0.05, 0.1) is 6.04 Å². The van der Waals surface area contributed by atoms with Gasteiger partial charge in [-0.2, -0.15) is 0 Å². The van der Waals surface area contributed by atoms with Gasteiger partial charge >= 0.3 is 0 Å². The first-order valence-corrected chi connectivity index (χ1v) is 8.50. The van der Waals surface area contributed by atoms with Gasteiger partial charge in [0, 0.05) is 16.3 Å². The highest BCUT2D eigenvalue weighted by Crippen LogP contribution is 2.54. The summed E-state index contributed by atoms with van der Waals surface area (Å²) >= 11 is 3.45. The Morgan fingerprint density at radius 2 is 1.70 bits per heavy atom. The second-order valence-corrected chi connectivity index (χ2v) is 7.82. The first-order valence-electron chi connectivity index (χ1n) is 7.70. The minimum atomic E-state index is 0.320. The molecule has 1 N–H and O–H groups in total. The van der Waals surface area contributed by atoms with Gasteiger partial charge in [-0.1, -0.05) is 15.9 Å². The van der Waals surface area contributed by atoms with Gasteiger partial charge in [-0.15, -0.1) is 0 Å². The molecule has 4 aliphatic carbocycles. The molecule has 0 saturated heterocycles. The topological polar surface area (TPSA) is 32.6 Å². The SMILES string of the molecule is Oc1ccc(Br)cc1C=NC1C2CC3CC(C2)CC1C3. The minimum absolute atomic E-state index is 0.320. The van der Waals surface area contributed by atoms with E-state index in [1.54, 1.807) is 6.07 Å². The largest absolute Gasteiger partial charge is 0.507 e. The van der Waals surface area contributed by atoms with E-state index in [0.29, 0.717) is 11.8 Å². The van der Waals surface area contributed by atoms with Crippen molar-refractivity contribution in [2.45, 2.75) is 38.1 Å². The number of halogens is 1. The van der Waals surface area contributed by atoms with Crippen molar-refractivity contribution in [3.05, 3.63) is 28.2 Å². The molecule has 3 heteroatoms. The van der Waals surface area contributed by atoms with Crippen molar-refractivity contribution in [2.24, 2.45) is 28.7 Å². The number of benzene rings is 1. The summed E-state index contributed by atoms with van der Waals surface area (Å²) in [6.45, 7) is 0. The Morgan fingerprint density at radius 1 is 1.05 bits per heavy atom. The van der Waals surface area contributed by atoms with E-state index < -0.39 is 0 Å². The normalized spacial score (nSPS) is 38.8. The molecule has 5 rings (SSSR count). The summed E-state index contributed by atoms with van der Waals surface area (Å²) < 4.78 is 0.988. The van der Waals surface area contributed by atoms with E-state index in [-0.39, 0.29) is 0 Å². The highest BCUT2D eigenvalue weighted by molar-refractivity contribution is 9.10. The molecule has 1 aromatic rings. The third-order valence-electron chi connectivity index (χ3n) is 5.55. The molecule has 106 valence electrons. The zero-order valence-corrected chi connectivity index (χ0v) is 13.1. The van der Waals surface area contributed by atoms with E-state index in [1.165, 1.54) is 32.1 Å². The molecule has 4 fully saturated rings. The summed E-state index contributed by atoms with van der Waals surface area (Å²) in [6.07, 6.45) is 8.93. The fourth-order valence-corrected chi connectivity index (χ4v) is 5.31. The lowest BCUT2D eigenvalue weighted by atomic mass is 9.54. The highest BCUT2D eigenvalue weighted by atomic mass is 79.9. The van der Waals surface area contributed by atoms with Crippen molar-refractivity contribution in [1.29, 1.82) is 0 Å². The fraction of sp³-hybridized carbons (Fsp3) is 0.588. The van der Waals surface area contributed by atoms with Gasteiger partial charge in [0.2, 0.25) is 0 Å². The van der Waals surface area contributed by atoms with E-state index in [9.17, 15) is 5.11 Å². The van der Waals surface area contributed by atoms with Crippen LogP contribution in [-0.2, 0) is 0 Å². The molecule has 0 unspecified atom stereocenters. The lowest BCUT2D eigenvalue weighted by Crippen LogP contribution is -2.47. The number of aromatic hydroxyl groups is 1. The number of hydrogen-bond acceptors (Lipinski definition) is 2. The zero-order valence-electron chi connectivity index (χ0n) is 11.5. The molecular weight excluding hydrogens is 314 g/mol. The van der Waals surface area contributed by atoms with Crippen LogP contribution >= 0.6 is 15.9 Å². The molecule has 0 radical (unpaired) electrons. The lowest BCUT2D eigenvalue weighted by Gasteiger charge is -2.53. The Balaban J connectivity index is 1.57. The summed E-state index contributed by atoms with van der Waals surface area (Å²) in [4.78, 5) is 4.89. The number of phenols is 1. The van der Waals surface area contributed by atoms with Crippen LogP contribution in [0.2, 0.25) is 0 Å². The zero-order chi connectivity index (χ0) is 13.7. The van der Waals surface area contributed by atoms with Crippen LogP contribution in [-0.4, -0.2) is 17.4 Å². The van der Waals surface area contributed by atoms with E-state index in [4.69, 9.17) is 4.99 Å². The van der Waals surface area contributed by atoms with E-state index >= 15 is 0 Å². The number of rotatable bonds is 2. The lowest BCUT2D eigenvalue weighted by molar-refractivity contribution is 0.00146. The van der Waals surface area contributed by atoms with Crippen LogP contribution in [0, 0.1) is 23.7 Å². The molecule has 0 spiro atoms. The summed E-state index contributed by atoms with van der Waals surface area (Å²) in [5.74, 6) is 3.90. The van der Waals surface area contributed by atoms with Crippen LogP contribution in [0.1, 0.15) is 37.7 Å². The van der Waals surface area contributed by atoms with Crippen molar-refractivity contribution in [2.75, 3.05) is 0 Å². The van der Waals surface area contributed by atoms with Crippen molar-refractivity contribution < 1.29 is 5.11 Å². The van der Waals surface area contributed by atoms with E-state index in [1.807, 2.05) is 18.3 Å². The molecule has 0 heterocycles. The Kier molecular flexibility index (Phi) is 3.13. The van der Waals surface area contributed by atoms with Gasteiger partial charge in [0.25, 0.3) is 0 Å². The third kappa shape index (κ3) is 2.20. The molecule has 2 nitrogen and oxygen atoms in total. The Hall–Kier alpha value is -0.830. The minimum Gasteiger partial charge on any atom is -0.507 e. The molecule has 0 amide bonds. The quantitative estimate of drug-likeness (QED) is 0.799. The van der Waals surface area contributed by atoms with Crippen LogP contribution in [0.4, 0.5) is 0 Å². The van der Waals surface area contributed by atoms with Gasteiger partial charge in [-0.3, -0.25) is 4.99 Å². The second-order valence-electron chi connectivity index (χ2n) is 6.90. The summed E-state index contributed by atoms with van der Waals surface area (Å²) in [5, 5.41) is 9.90. The van der Waals surface area contributed by atoms with Crippen LogP contribution in [0.3, 0.4) is 0 Å². The van der Waals surface area contributed by atoms with Crippen molar-refractivity contribution in [1.82, 2.24) is 0 Å². The summed E-state index contributed by atoms with van der Waals surface area (Å²) in [6, 6.07) is 6.02. The molecule has 4 aliphatic rings. The van der Waals surface area contributed by atoms with Gasteiger partial charge in [0.1, 0.15) is 5.75 Å². The molecule has 0 atom stereocenters. The Morgan fingerprint density at radius 3 is 2.35 bits per heavy atom. The third-order valence-corrected chi connectivity index (χ3v) is 6.05. The molecular formula is C17H20BrNO. The standard InChI is InChI=1S/C17H20BrNO/c18-15-1-2-16(20)14(8-15)9-19-17-12-4-10-3-11(6-12)7-13(17)5-10/h1-2,8-13,17,20H,3-7H2. The van der Waals surface area contributed by atoms with Crippen molar-refractivity contribution in [3.8, 4) is 5.75 Å². The average Bonchev–Trinajstić information content (AvgIpc) is 2.41. The molecule has 1 aromatic carbocycles. The maximum Gasteiger partial charge on any atom is 0.124 e. The smallest absolute Gasteiger partial charge is 0.124 e. The maximum absolute atomic E-state index is 9.90. The second kappa shape index (κ2) is 4.87. The van der Waals surface area contributed by atoms with Crippen molar-refractivity contribution >= 4 is 22.1 Å². The Labute approximate surface area is 128 Å². The average molecular weight is 334 g/mol. The molecule has 0 aromatic heterocycles. The predicted molar refractivity (Wildman–Crippen MR) is 84.2 cm³/mol. The number of phenolic OH excluding ortho intramolecular Hbond substituents is 1. The monoisotopic (exact) mass is 333 g/mol. The fourth-order valence-electron chi connectivity index (χ4n) is 4.93. The molecule has 0 aliphatic heterocycles. The maximum atomic E-state index is 9.90. The molecule has 4 bridgehead atoms. The van der Waals surface area contributed by atoms with E-state index in [0.717, 1.165) is 33.7 Å². The van der Waals surface area contributed by atoms with Crippen LogP contribution < -0.4 is 0 Å². The van der Waals surface area contributed by atoms with Crippen LogP contribution in [0.25, 0.3) is 0 Å². The molecule has 4 saturated carbocycles. The number of aliphatic imine (C=N–C) groups is 1. The number of nitrogens with zero attached hydrogens (tertiary/aromatic N) is 1.